The molecule has 5 heteroatoms. The van der Waals surface area contributed by atoms with Crippen LogP contribution in [0.25, 0.3) is 0 Å². The van der Waals surface area contributed by atoms with E-state index < -0.39 is 0 Å². The number of methoxy groups -OCH3 is 1. The zero-order valence-corrected chi connectivity index (χ0v) is 12.2. The molecule has 1 atom stereocenters. The first-order valence-corrected chi connectivity index (χ1v) is 7.23. The van der Waals surface area contributed by atoms with Crippen LogP contribution in [-0.4, -0.2) is 24.2 Å². The molecular weight excluding hydrogens is 274 g/mol. The van der Waals surface area contributed by atoms with Gasteiger partial charge in [0, 0.05) is 11.6 Å². The molecule has 1 amide bonds. The highest BCUT2D eigenvalue weighted by Gasteiger charge is 2.12. The first-order chi connectivity index (χ1) is 9.60. The van der Waals surface area contributed by atoms with Crippen molar-refractivity contribution in [3.8, 4) is 11.5 Å². The van der Waals surface area contributed by atoms with E-state index in [0.29, 0.717) is 11.3 Å². The Morgan fingerprint density at radius 1 is 1.45 bits per heavy atom. The van der Waals surface area contributed by atoms with Gasteiger partial charge in [-0.1, -0.05) is 0 Å². The van der Waals surface area contributed by atoms with Gasteiger partial charge in [0.1, 0.15) is 0 Å². The molecule has 0 saturated heterocycles. The topological polar surface area (TPSA) is 58.6 Å². The van der Waals surface area contributed by atoms with Gasteiger partial charge in [0.25, 0.3) is 5.91 Å². The maximum Gasteiger partial charge on any atom is 0.251 e. The zero-order chi connectivity index (χ0) is 14.5. The Kier molecular flexibility index (Phi) is 4.63. The third-order valence-corrected chi connectivity index (χ3v) is 3.67. The largest absolute Gasteiger partial charge is 0.504 e. The second-order valence-electron chi connectivity index (χ2n) is 4.60. The lowest BCUT2D eigenvalue weighted by Crippen LogP contribution is -2.33. The summed E-state index contributed by atoms with van der Waals surface area (Å²) in [5.41, 5.74) is 1.63. The zero-order valence-electron chi connectivity index (χ0n) is 11.4. The number of ether oxygens (including phenoxy) is 1. The maximum atomic E-state index is 12.1. The fraction of sp³-hybridized carbons (Fsp3) is 0.267. The number of hydrogen-bond acceptors (Lipinski definition) is 4. The van der Waals surface area contributed by atoms with E-state index in [2.05, 4.69) is 10.7 Å². The lowest BCUT2D eigenvalue weighted by Gasteiger charge is -2.13. The van der Waals surface area contributed by atoms with Crippen LogP contribution in [0.3, 0.4) is 0 Å². The number of benzene rings is 1. The molecule has 0 aliphatic rings. The Balaban J connectivity index is 1.99. The van der Waals surface area contributed by atoms with Crippen LogP contribution < -0.4 is 10.1 Å². The van der Waals surface area contributed by atoms with Crippen LogP contribution in [0.1, 0.15) is 22.8 Å². The highest BCUT2D eigenvalue weighted by molar-refractivity contribution is 7.07. The summed E-state index contributed by atoms with van der Waals surface area (Å²) in [6, 6.07) is 6.69. The van der Waals surface area contributed by atoms with E-state index in [1.165, 1.54) is 18.7 Å². The summed E-state index contributed by atoms with van der Waals surface area (Å²) in [7, 11) is 1.47. The number of hydrogen-bond donors (Lipinski definition) is 2. The van der Waals surface area contributed by atoms with Gasteiger partial charge in [-0.2, -0.15) is 11.3 Å². The van der Waals surface area contributed by atoms with Gasteiger partial charge in [-0.15, -0.1) is 0 Å². The molecule has 0 aliphatic carbocycles. The number of amides is 1. The van der Waals surface area contributed by atoms with Crippen molar-refractivity contribution in [2.45, 2.75) is 19.4 Å². The molecule has 4 nitrogen and oxygen atoms in total. The average Bonchev–Trinajstić information content (AvgIpc) is 2.91. The van der Waals surface area contributed by atoms with Crippen LogP contribution in [0, 0.1) is 0 Å². The number of phenols is 1. The number of carbonyl (C=O) groups excluding carboxylic acids is 1. The Hall–Kier alpha value is -2.01. The third-order valence-electron chi connectivity index (χ3n) is 2.94. The smallest absolute Gasteiger partial charge is 0.251 e. The number of aromatic hydroxyl groups is 1. The first-order valence-electron chi connectivity index (χ1n) is 6.29. The molecule has 1 heterocycles. The monoisotopic (exact) mass is 291 g/mol. The number of thiophene rings is 1. The van der Waals surface area contributed by atoms with E-state index in [4.69, 9.17) is 4.74 Å². The van der Waals surface area contributed by atoms with Gasteiger partial charge in [-0.25, -0.2) is 0 Å². The van der Waals surface area contributed by atoms with Crippen molar-refractivity contribution in [2.24, 2.45) is 0 Å². The SMILES string of the molecule is COc1ccc(C(=O)NC(C)Cc2ccsc2)cc1O. The molecule has 1 aromatic carbocycles. The minimum Gasteiger partial charge on any atom is -0.504 e. The van der Waals surface area contributed by atoms with E-state index in [0.717, 1.165) is 6.42 Å². The molecule has 106 valence electrons. The van der Waals surface area contributed by atoms with Crippen LogP contribution >= 0.6 is 11.3 Å². The summed E-state index contributed by atoms with van der Waals surface area (Å²) < 4.78 is 4.95. The van der Waals surface area contributed by atoms with Crippen molar-refractivity contribution in [3.05, 3.63) is 46.2 Å². The Morgan fingerprint density at radius 2 is 2.25 bits per heavy atom. The fourth-order valence-corrected chi connectivity index (χ4v) is 2.63. The lowest BCUT2D eigenvalue weighted by atomic mass is 10.1. The second-order valence-corrected chi connectivity index (χ2v) is 5.38. The van der Waals surface area contributed by atoms with Crippen molar-refractivity contribution >= 4 is 17.2 Å². The van der Waals surface area contributed by atoms with Crippen LogP contribution in [0.15, 0.2) is 35.0 Å². The molecule has 0 fully saturated rings. The van der Waals surface area contributed by atoms with Crippen LogP contribution in [0.5, 0.6) is 11.5 Å². The van der Waals surface area contributed by atoms with Crippen LogP contribution in [0.4, 0.5) is 0 Å². The van der Waals surface area contributed by atoms with Crippen molar-refractivity contribution in [1.82, 2.24) is 5.32 Å². The molecule has 2 rings (SSSR count). The van der Waals surface area contributed by atoms with Crippen molar-refractivity contribution in [2.75, 3.05) is 7.11 Å². The predicted molar refractivity (Wildman–Crippen MR) is 79.6 cm³/mol. The Morgan fingerprint density at radius 3 is 2.85 bits per heavy atom. The number of rotatable bonds is 5. The molecule has 2 aromatic rings. The molecule has 1 unspecified atom stereocenters. The highest BCUT2D eigenvalue weighted by atomic mass is 32.1. The fourth-order valence-electron chi connectivity index (χ4n) is 1.95. The quantitative estimate of drug-likeness (QED) is 0.890. The average molecular weight is 291 g/mol. The van der Waals surface area contributed by atoms with Crippen LogP contribution in [0.2, 0.25) is 0 Å². The molecule has 0 radical (unpaired) electrons. The normalized spacial score (nSPS) is 11.9. The van der Waals surface area contributed by atoms with E-state index in [1.54, 1.807) is 23.5 Å². The van der Waals surface area contributed by atoms with Crippen molar-refractivity contribution in [3.63, 3.8) is 0 Å². The van der Waals surface area contributed by atoms with Gasteiger partial charge in [0.15, 0.2) is 11.5 Å². The Bertz CT molecular complexity index is 581. The molecule has 2 N–H and O–H groups in total. The molecule has 0 aliphatic heterocycles. The van der Waals surface area contributed by atoms with Gasteiger partial charge >= 0.3 is 0 Å². The summed E-state index contributed by atoms with van der Waals surface area (Å²) in [6.07, 6.45) is 0.789. The van der Waals surface area contributed by atoms with Crippen molar-refractivity contribution in [1.29, 1.82) is 0 Å². The van der Waals surface area contributed by atoms with Gasteiger partial charge < -0.3 is 15.2 Å². The number of carbonyl (C=O) groups is 1. The van der Waals surface area contributed by atoms with E-state index in [9.17, 15) is 9.90 Å². The van der Waals surface area contributed by atoms with Gasteiger partial charge in [0.05, 0.1) is 7.11 Å². The van der Waals surface area contributed by atoms with Crippen molar-refractivity contribution < 1.29 is 14.6 Å². The standard InChI is InChI=1S/C15H17NO3S/c1-10(7-11-5-6-20-9-11)16-15(18)12-3-4-14(19-2)13(17)8-12/h3-6,8-10,17H,7H2,1-2H3,(H,16,18). The minimum atomic E-state index is -0.203. The molecule has 20 heavy (non-hydrogen) atoms. The summed E-state index contributed by atoms with van der Waals surface area (Å²) in [5.74, 6) is 0.115. The molecule has 1 aromatic heterocycles. The minimum absolute atomic E-state index is 0.0290. The number of phenolic OH excluding ortho intramolecular Hbond substituents is 1. The summed E-state index contributed by atoms with van der Waals surface area (Å²) in [5, 5.41) is 16.7. The Labute approximate surface area is 122 Å². The summed E-state index contributed by atoms with van der Waals surface area (Å²) in [4.78, 5) is 12.1. The first kappa shape index (κ1) is 14.4. The third kappa shape index (κ3) is 3.51. The lowest BCUT2D eigenvalue weighted by molar-refractivity contribution is 0.0939. The summed E-state index contributed by atoms with van der Waals surface area (Å²) >= 11 is 1.64. The van der Waals surface area contributed by atoms with E-state index in [-0.39, 0.29) is 17.7 Å². The van der Waals surface area contributed by atoms with E-state index >= 15 is 0 Å². The summed E-state index contributed by atoms with van der Waals surface area (Å²) in [6.45, 7) is 1.96. The van der Waals surface area contributed by atoms with Gasteiger partial charge in [0.2, 0.25) is 0 Å². The van der Waals surface area contributed by atoms with E-state index in [1.807, 2.05) is 18.4 Å². The number of nitrogens with one attached hydrogen (secondary N) is 1. The molecule has 0 bridgehead atoms. The second kappa shape index (κ2) is 6.43. The molecular formula is C15H17NO3S. The maximum absolute atomic E-state index is 12.1. The predicted octanol–water partition coefficient (Wildman–Crippen LogP) is 2.82. The van der Waals surface area contributed by atoms with Crippen LogP contribution in [-0.2, 0) is 6.42 Å². The highest BCUT2D eigenvalue weighted by Crippen LogP contribution is 2.26. The van der Waals surface area contributed by atoms with Gasteiger partial charge in [-0.3, -0.25) is 4.79 Å². The molecule has 0 spiro atoms. The van der Waals surface area contributed by atoms with Gasteiger partial charge in [-0.05, 0) is 53.9 Å². The molecule has 0 saturated carbocycles.